The average Bonchev–Trinajstić information content (AvgIpc) is 2.91. The fourth-order valence-electron chi connectivity index (χ4n) is 3.01. The van der Waals surface area contributed by atoms with E-state index < -0.39 is 5.97 Å². The van der Waals surface area contributed by atoms with Crippen LogP contribution < -0.4 is 10.2 Å². The van der Waals surface area contributed by atoms with Gasteiger partial charge in [-0.1, -0.05) is 31.0 Å². The summed E-state index contributed by atoms with van der Waals surface area (Å²) in [5.74, 6) is -0.851. The van der Waals surface area contributed by atoms with Gasteiger partial charge in [-0.3, -0.25) is 4.79 Å². The van der Waals surface area contributed by atoms with Crippen LogP contribution in [0.2, 0.25) is 0 Å². The first-order valence-electron chi connectivity index (χ1n) is 8.50. The highest BCUT2D eigenvalue weighted by Crippen LogP contribution is 2.24. The molecule has 0 aliphatic carbocycles. The van der Waals surface area contributed by atoms with Crippen molar-refractivity contribution in [3.05, 3.63) is 53.7 Å². The molecule has 1 amide bonds. The second-order valence-electron chi connectivity index (χ2n) is 6.12. The Labute approximate surface area is 146 Å². The number of pyridine rings is 1. The predicted molar refractivity (Wildman–Crippen MR) is 96.3 cm³/mol. The van der Waals surface area contributed by atoms with Gasteiger partial charge in [-0.15, -0.1) is 0 Å². The number of rotatable bonds is 4. The van der Waals surface area contributed by atoms with Crippen LogP contribution in [0.25, 0.3) is 0 Å². The lowest BCUT2D eigenvalue weighted by molar-refractivity contribution is 0.0696. The van der Waals surface area contributed by atoms with Crippen LogP contribution in [0.5, 0.6) is 0 Å². The van der Waals surface area contributed by atoms with Crippen molar-refractivity contribution in [2.24, 2.45) is 0 Å². The number of carbonyl (C=O) groups is 2. The minimum atomic E-state index is -1.04. The quantitative estimate of drug-likeness (QED) is 0.892. The Bertz CT molecular complexity index is 754. The Kier molecular flexibility index (Phi) is 5.28. The van der Waals surface area contributed by atoms with Crippen LogP contribution >= 0.6 is 0 Å². The van der Waals surface area contributed by atoms with Crippen molar-refractivity contribution in [2.75, 3.05) is 23.3 Å². The molecule has 0 saturated carbocycles. The van der Waals surface area contributed by atoms with E-state index in [2.05, 4.69) is 10.3 Å². The van der Waals surface area contributed by atoms with Gasteiger partial charge in [-0.2, -0.15) is 0 Å². The smallest absolute Gasteiger partial charge is 0.339 e. The summed E-state index contributed by atoms with van der Waals surface area (Å²) in [4.78, 5) is 30.3. The Balaban J connectivity index is 1.83. The number of anilines is 2. The third-order valence-corrected chi connectivity index (χ3v) is 4.30. The maximum Gasteiger partial charge on any atom is 0.339 e. The van der Waals surface area contributed by atoms with Crippen LogP contribution in [-0.2, 0) is 0 Å². The average molecular weight is 339 g/mol. The van der Waals surface area contributed by atoms with Gasteiger partial charge in [0.1, 0.15) is 11.4 Å². The van der Waals surface area contributed by atoms with Gasteiger partial charge in [0.05, 0.1) is 11.9 Å². The topological polar surface area (TPSA) is 82.5 Å². The first-order chi connectivity index (χ1) is 12.1. The molecule has 1 aliphatic rings. The van der Waals surface area contributed by atoms with Crippen molar-refractivity contribution in [3.8, 4) is 0 Å². The Morgan fingerprint density at radius 3 is 2.36 bits per heavy atom. The molecule has 130 valence electrons. The molecule has 2 aromatic rings. The van der Waals surface area contributed by atoms with Crippen molar-refractivity contribution in [1.29, 1.82) is 0 Å². The number of aromatic nitrogens is 1. The zero-order valence-corrected chi connectivity index (χ0v) is 13.9. The molecule has 0 radical (unpaired) electrons. The molecule has 25 heavy (non-hydrogen) atoms. The number of carboxylic acid groups (broad SMARTS) is 1. The molecule has 0 spiro atoms. The number of nitrogens with one attached hydrogen (secondary N) is 1. The zero-order chi connectivity index (χ0) is 17.6. The van der Waals surface area contributed by atoms with Gasteiger partial charge in [0.15, 0.2) is 0 Å². The standard InChI is InChI=1S/C19H21N3O3/c23-18(14-8-4-3-5-9-14)21-15-12-16(19(24)25)17(20-13-15)22-10-6-1-2-7-11-22/h3-5,8-9,12-13H,1-2,6-7,10-11H2,(H,21,23)(H,24,25). The number of amides is 1. The van der Waals surface area contributed by atoms with E-state index in [0.717, 1.165) is 38.8 Å². The highest BCUT2D eigenvalue weighted by Gasteiger charge is 2.20. The molecule has 3 rings (SSSR count). The van der Waals surface area contributed by atoms with Gasteiger partial charge < -0.3 is 15.3 Å². The molecule has 0 atom stereocenters. The molecule has 2 heterocycles. The maximum absolute atomic E-state index is 12.2. The molecule has 6 nitrogen and oxygen atoms in total. The number of aromatic carboxylic acids is 1. The maximum atomic E-state index is 12.2. The molecule has 1 aromatic heterocycles. The lowest BCUT2D eigenvalue weighted by atomic mass is 10.2. The summed E-state index contributed by atoms with van der Waals surface area (Å²) in [7, 11) is 0. The lowest BCUT2D eigenvalue weighted by Crippen LogP contribution is -2.27. The Hall–Kier alpha value is -2.89. The molecule has 6 heteroatoms. The molecule has 1 aromatic carbocycles. The number of nitrogens with zero attached hydrogens (tertiary/aromatic N) is 2. The van der Waals surface area contributed by atoms with Crippen molar-refractivity contribution < 1.29 is 14.7 Å². The number of carbonyl (C=O) groups excluding carboxylic acids is 1. The molecule has 0 bridgehead atoms. The second kappa shape index (κ2) is 7.79. The number of benzene rings is 1. The number of hydrogen-bond acceptors (Lipinski definition) is 4. The van der Waals surface area contributed by atoms with E-state index in [1.54, 1.807) is 24.3 Å². The molecule has 1 saturated heterocycles. The summed E-state index contributed by atoms with van der Waals surface area (Å²) >= 11 is 0. The van der Waals surface area contributed by atoms with Crippen molar-refractivity contribution in [1.82, 2.24) is 4.98 Å². The van der Waals surface area contributed by atoms with Gasteiger partial charge in [-0.25, -0.2) is 9.78 Å². The van der Waals surface area contributed by atoms with E-state index in [9.17, 15) is 14.7 Å². The van der Waals surface area contributed by atoms with Gasteiger partial charge in [0, 0.05) is 18.7 Å². The normalized spacial score (nSPS) is 14.6. The van der Waals surface area contributed by atoms with Crippen molar-refractivity contribution in [2.45, 2.75) is 25.7 Å². The number of carboxylic acids is 1. The van der Waals surface area contributed by atoms with E-state index in [1.165, 1.54) is 12.3 Å². The van der Waals surface area contributed by atoms with Crippen LogP contribution in [0, 0.1) is 0 Å². The first kappa shape index (κ1) is 17.0. The molecule has 0 unspecified atom stereocenters. The summed E-state index contributed by atoms with van der Waals surface area (Å²) in [6, 6.07) is 10.3. The van der Waals surface area contributed by atoms with E-state index >= 15 is 0 Å². The van der Waals surface area contributed by atoms with Crippen LogP contribution in [0.4, 0.5) is 11.5 Å². The van der Waals surface area contributed by atoms with Gasteiger partial charge in [-0.05, 0) is 31.0 Å². The third kappa shape index (κ3) is 4.15. The molecule has 1 fully saturated rings. The van der Waals surface area contributed by atoms with E-state index in [-0.39, 0.29) is 11.5 Å². The fourth-order valence-corrected chi connectivity index (χ4v) is 3.01. The zero-order valence-electron chi connectivity index (χ0n) is 13.9. The van der Waals surface area contributed by atoms with Crippen molar-refractivity contribution >= 4 is 23.4 Å². The summed E-state index contributed by atoms with van der Waals surface area (Å²) in [5.41, 5.74) is 1.01. The molecule has 1 aliphatic heterocycles. The fraction of sp³-hybridized carbons (Fsp3) is 0.316. The van der Waals surface area contributed by atoms with E-state index in [4.69, 9.17) is 0 Å². The van der Waals surface area contributed by atoms with Crippen LogP contribution in [0.3, 0.4) is 0 Å². The Morgan fingerprint density at radius 2 is 1.72 bits per heavy atom. The third-order valence-electron chi connectivity index (χ3n) is 4.30. The molecule has 2 N–H and O–H groups in total. The van der Waals surface area contributed by atoms with Crippen molar-refractivity contribution in [3.63, 3.8) is 0 Å². The SMILES string of the molecule is O=C(Nc1cnc(N2CCCCCC2)c(C(=O)O)c1)c1ccccc1. The largest absolute Gasteiger partial charge is 0.478 e. The van der Waals surface area contributed by atoms with Crippen LogP contribution in [-0.4, -0.2) is 35.1 Å². The Morgan fingerprint density at radius 1 is 1.04 bits per heavy atom. The summed E-state index contributed by atoms with van der Waals surface area (Å²) in [6.45, 7) is 1.62. The summed E-state index contributed by atoms with van der Waals surface area (Å²) in [6.07, 6.45) is 5.90. The highest BCUT2D eigenvalue weighted by molar-refractivity contribution is 6.05. The van der Waals surface area contributed by atoms with Gasteiger partial charge in [0.25, 0.3) is 5.91 Å². The van der Waals surface area contributed by atoms with E-state index in [0.29, 0.717) is 17.1 Å². The van der Waals surface area contributed by atoms with Gasteiger partial charge >= 0.3 is 5.97 Å². The highest BCUT2D eigenvalue weighted by atomic mass is 16.4. The molecular formula is C19H21N3O3. The second-order valence-corrected chi connectivity index (χ2v) is 6.12. The monoisotopic (exact) mass is 339 g/mol. The summed E-state index contributed by atoms with van der Waals surface area (Å²) in [5, 5.41) is 12.3. The number of hydrogen-bond donors (Lipinski definition) is 2. The minimum absolute atomic E-state index is 0.118. The summed E-state index contributed by atoms with van der Waals surface area (Å²) < 4.78 is 0. The van der Waals surface area contributed by atoms with Crippen LogP contribution in [0.15, 0.2) is 42.6 Å². The van der Waals surface area contributed by atoms with E-state index in [1.807, 2.05) is 11.0 Å². The van der Waals surface area contributed by atoms with Gasteiger partial charge in [0.2, 0.25) is 0 Å². The predicted octanol–water partition coefficient (Wildman–Crippen LogP) is 3.41. The van der Waals surface area contributed by atoms with Crippen LogP contribution in [0.1, 0.15) is 46.4 Å². The first-order valence-corrected chi connectivity index (χ1v) is 8.50. The minimum Gasteiger partial charge on any atom is -0.478 e. The molecular weight excluding hydrogens is 318 g/mol. The lowest BCUT2D eigenvalue weighted by Gasteiger charge is -2.23.